The van der Waals surface area contributed by atoms with Crippen LogP contribution in [-0.2, 0) is 28.7 Å². The standard InChI is InChI=1S/C37H50N6O9/c1-4-20-51-33(45)14-13-27(36(48)41-16-18-42(19-17-41)37(49)50-5-2)40-34(46)29-22-31(26-12-11-24(3)21-28(26)39-29)52-23-32(44)43-15-7-10-30(43)35(47)38-25-8-6-9-25/h11-12,21-22,25,27,30H,4-10,13-20,23H2,1-3H3,(H,38,47)(H,40,46). The van der Waals surface area contributed by atoms with Gasteiger partial charge in [0.25, 0.3) is 11.8 Å². The minimum atomic E-state index is -1.09. The third kappa shape index (κ3) is 9.68. The van der Waals surface area contributed by atoms with E-state index in [1.807, 2.05) is 19.9 Å². The number of hydrogen-bond acceptors (Lipinski definition) is 10. The van der Waals surface area contributed by atoms with E-state index >= 15 is 0 Å². The van der Waals surface area contributed by atoms with Gasteiger partial charge >= 0.3 is 12.1 Å². The summed E-state index contributed by atoms with van der Waals surface area (Å²) in [5.41, 5.74) is 1.30. The molecule has 5 rings (SSSR count). The van der Waals surface area contributed by atoms with Crippen LogP contribution in [0.3, 0.4) is 0 Å². The summed E-state index contributed by atoms with van der Waals surface area (Å²) in [5.74, 6) is -1.78. The number of aromatic nitrogens is 1. The molecule has 3 heterocycles. The van der Waals surface area contributed by atoms with E-state index in [-0.39, 0.29) is 88.1 Å². The highest BCUT2D eigenvalue weighted by Gasteiger charge is 2.36. The van der Waals surface area contributed by atoms with E-state index in [1.54, 1.807) is 28.9 Å². The Labute approximate surface area is 303 Å². The van der Waals surface area contributed by atoms with Crippen LogP contribution in [0.2, 0.25) is 0 Å². The van der Waals surface area contributed by atoms with Gasteiger partial charge in [-0.1, -0.05) is 13.0 Å². The summed E-state index contributed by atoms with van der Waals surface area (Å²) in [5, 5.41) is 6.41. The molecule has 3 aliphatic rings. The predicted molar refractivity (Wildman–Crippen MR) is 189 cm³/mol. The van der Waals surface area contributed by atoms with Gasteiger partial charge in [0.05, 0.1) is 18.7 Å². The number of carbonyl (C=O) groups excluding carboxylic acids is 6. The molecule has 0 spiro atoms. The lowest BCUT2D eigenvalue weighted by Crippen LogP contribution is -2.56. The number of nitrogens with one attached hydrogen (secondary N) is 2. The van der Waals surface area contributed by atoms with Gasteiger partial charge in [0.2, 0.25) is 11.8 Å². The van der Waals surface area contributed by atoms with Crippen molar-refractivity contribution in [3.63, 3.8) is 0 Å². The maximum Gasteiger partial charge on any atom is 0.409 e. The zero-order chi connectivity index (χ0) is 37.2. The van der Waals surface area contributed by atoms with Gasteiger partial charge in [-0.15, -0.1) is 0 Å². The first-order valence-corrected chi connectivity index (χ1v) is 18.4. The number of amides is 5. The van der Waals surface area contributed by atoms with E-state index in [4.69, 9.17) is 14.2 Å². The SMILES string of the molecule is CCCOC(=O)CCC(NC(=O)c1cc(OCC(=O)N2CCCC2C(=O)NC2CCC2)c2ccc(C)cc2n1)C(=O)N1CCN(C(=O)OCC)CC1. The highest BCUT2D eigenvalue weighted by atomic mass is 16.6. The topological polar surface area (TPSA) is 177 Å². The van der Waals surface area contributed by atoms with Crippen LogP contribution in [-0.4, -0.2) is 126 Å². The Kier molecular flexibility index (Phi) is 13.3. The van der Waals surface area contributed by atoms with Crippen LogP contribution in [0.1, 0.15) is 81.3 Å². The van der Waals surface area contributed by atoms with Gasteiger partial charge in [0.15, 0.2) is 6.61 Å². The Morgan fingerprint density at radius 3 is 2.37 bits per heavy atom. The predicted octanol–water partition coefficient (Wildman–Crippen LogP) is 2.71. The van der Waals surface area contributed by atoms with Gasteiger partial charge in [-0.3, -0.25) is 24.0 Å². The number of rotatable bonds is 14. The molecule has 15 heteroatoms. The van der Waals surface area contributed by atoms with Gasteiger partial charge < -0.3 is 39.5 Å². The van der Waals surface area contributed by atoms with E-state index in [2.05, 4.69) is 15.6 Å². The number of pyridine rings is 1. The number of ether oxygens (including phenoxy) is 3. The molecule has 0 bridgehead atoms. The van der Waals surface area contributed by atoms with Crippen molar-refractivity contribution in [3.05, 3.63) is 35.5 Å². The number of likely N-dealkylation sites (tertiary alicyclic amines) is 1. The number of hydrogen-bond donors (Lipinski definition) is 2. The molecule has 1 aliphatic carbocycles. The molecule has 2 saturated heterocycles. The average Bonchev–Trinajstić information content (AvgIpc) is 3.63. The second-order valence-electron chi connectivity index (χ2n) is 13.5. The van der Waals surface area contributed by atoms with Crippen molar-refractivity contribution < 1.29 is 43.0 Å². The van der Waals surface area contributed by atoms with Crippen molar-refractivity contribution in [1.29, 1.82) is 0 Å². The number of benzene rings is 1. The molecular formula is C37H50N6O9. The van der Waals surface area contributed by atoms with Crippen molar-refractivity contribution >= 4 is 46.6 Å². The largest absolute Gasteiger partial charge is 0.483 e. The first kappa shape index (κ1) is 38.3. The van der Waals surface area contributed by atoms with Gasteiger partial charge in [-0.05, 0) is 76.5 Å². The number of aryl methyl sites for hydroxylation is 1. The Hall–Kier alpha value is -4.95. The molecule has 3 fully saturated rings. The fraction of sp³-hybridized carbons (Fsp3) is 0.595. The molecule has 0 radical (unpaired) electrons. The quantitative estimate of drug-likeness (QED) is 0.276. The zero-order valence-corrected chi connectivity index (χ0v) is 30.3. The summed E-state index contributed by atoms with van der Waals surface area (Å²) < 4.78 is 16.3. The second-order valence-corrected chi connectivity index (χ2v) is 13.5. The number of nitrogens with zero attached hydrogens (tertiary/aromatic N) is 4. The van der Waals surface area contributed by atoms with Crippen LogP contribution in [0.25, 0.3) is 10.9 Å². The lowest BCUT2D eigenvalue weighted by Gasteiger charge is -2.36. The molecule has 2 unspecified atom stereocenters. The summed E-state index contributed by atoms with van der Waals surface area (Å²) in [6, 6.07) is 5.43. The van der Waals surface area contributed by atoms with Gasteiger partial charge in [0.1, 0.15) is 23.5 Å². The maximum atomic E-state index is 13.8. The minimum Gasteiger partial charge on any atom is -0.483 e. The van der Waals surface area contributed by atoms with Crippen LogP contribution in [0.5, 0.6) is 5.75 Å². The summed E-state index contributed by atoms with van der Waals surface area (Å²) >= 11 is 0. The normalized spacial score (nSPS) is 18.0. The molecule has 1 aromatic carbocycles. The molecule has 5 amide bonds. The third-order valence-electron chi connectivity index (χ3n) is 9.66. The van der Waals surface area contributed by atoms with E-state index in [9.17, 15) is 28.8 Å². The minimum absolute atomic E-state index is 0.0128. The molecular weight excluding hydrogens is 672 g/mol. The monoisotopic (exact) mass is 722 g/mol. The van der Waals surface area contributed by atoms with E-state index in [0.29, 0.717) is 36.7 Å². The number of carbonyl (C=O) groups is 6. The van der Waals surface area contributed by atoms with Crippen LogP contribution in [0.4, 0.5) is 4.79 Å². The molecule has 2 aromatic rings. The molecule has 1 aromatic heterocycles. The highest BCUT2D eigenvalue weighted by molar-refractivity contribution is 5.99. The van der Waals surface area contributed by atoms with Crippen molar-refractivity contribution in [1.82, 2.24) is 30.3 Å². The fourth-order valence-electron chi connectivity index (χ4n) is 6.54. The Bertz CT molecular complexity index is 1640. The number of esters is 1. The Morgan fingerprint density at radius 2 is 1.67 bits per heavy atom. The third-order valence-corrected chi connectivity index (χ3v) is 9.66. The second kappa shape index (κ2) is 18.0. The van der Waals surface area contributed by atoms with Crippen molar-refractivity contribution in [2.75, 3.05) is 52.5 Å². The van der Waals surface area contributed by atoms with Crippen LogP contribution in [0, 0.1) is 6.92 Å². The number of fused-ring (bicyclic) bond motifs is 1. The zero-order valence-electron chi connectivity index (χ0n) is 30.3. The summed E-state index contributed by atoms with van der Waals surface area (Å²) in [6.07, 6.45) is 4.38. The smallest absolute Gasteiger partial charge is 0.409 e. The van der Waals surface area contributed by atoms with Crippen LogP contribution in [0.15, 0.2) is 24.3 Å². The highest BCUT2D eigenvalue weighted by Crippen LogP contribution is 2.28. The summed E-state index contributed by atoms with van der Waals surface area (Å²) in [7, 11) is 0. The van der Waals surface area contributed by atoms with Crippen molar-refractivity contribution in [2.45, 2.75) is 90.3 Å². The van der Waals surface area contributed by atoms with E-state index in [1.165, 1.54) is 11.0 Å². The molecule has 52 heavy (non-hydrogen) atoms. The lowest BCUT2D eigenvalue weighted by atomic mass is 9.93. The Morgan fingerprint density at radius 1 is 0.923 bits per heavy atom. The van der Waals surface area contributed by atoms with Crippen LogP contribution >= 0.6 is 0 Å². The first-order valence-electron chi connectivity index (χ1n) is 18.4. The molecule has 2 aliphatic heterocycles. The summed E-state index contributed by atoms with van der Waals surface area (Å²) in [4.78, 5) is 87.7. The van der Waals surface area contributed by atoms with Gasteiger partial charge in [0, 0.05) is 56.6 Å². The maximum absolute atomic E-state index is 13.8. The first-order chi connectivity index (χ1) is 25.1. The molecule has 2 N–H and O–H groups in total. The van der Waals surface area contributed by atoms with E-state index < -0.39 is 36.0 Å². The molecule has 2 atom stereocenters. The van der Waals surface area contributed by atoms with Crippen LogP contribution < -0.4 is 15.4 Å². The number of piperazine rings is 1. The van der Waals surface area contributed by atoms with Crippen molar-refractivity contribution in [3.8, 4) is 5.75 Å². The molecule has 15 nitrogen and oxygen atoms in total. The fourth-order valence-corrected chi connectivity index (χ4v) is 6.54. The molecule has 1 saturated carbocycles. The molecule has 282 valence electrons. The van der Waals surface area contributed by atoms with Crippen molar-refractivity contribution in [2.24, 2.45) is 0 Å². The lowest BCUT2D eigenvalue weighted by molar-refractivity contribution is -0.144. The van der Waals surface area contributed by atoms with Gasteiger partial charge in [-0.25, -0.2) is 9.78 Å². The van der Waals surface area contributed by atoms with E-state index in [0.717, 1.165) is 24.8 Å². The average molecular weight is 723 g/mol. The van der Waals surface area contributed by atoms with Gasteiger partial charge in [-0.2, -0.15) is 0 Å². The summed E-state index contributed by atoms with van der Waals surface area (Å²) in [6.45, 7) is 7.05. The Balaban J connectivity index is 1.30.